The molecule has 0 saturated carbocycles. The van der Waals surface area contributed by atoms with E-state index < -0.39 is 14.9 Å². The van der Waals surface area contributed by atoms with Gasteiger partial charge < -0.3 is 4.90 Å². The number of sulfonamides is 1. The highest BCUT2D eigenvalue weighted by Crippen LogP contribution is 2.31. The van der Waals surface area contributed by atoms with Gasteiger partial charge in [-0.1, -0.05) is 6.07 Å². The van der Waals surface area contributed by atoms with E-state index in [1.807, 2.05) is 6.92 Å². The van der Waals surface area contributed by atoms with Crippen molar-refractivity contribution in [3.05, 3.63) is 57.6 Å². The average Bonchev–Trinajstić information content (AvgIpc) is 2.61. The minimum atomic E-state index is -3.99. The zero-order valence-electron chi connectivity index (χ0n) is 14.9. The van der Waals surface area contributed by atoms with Crippen LogP contribution in [0.2, 0.25) is 0 Å². The zero-order chi connectivity index (χ0) is 19.8. The molecule has 1 aliphatic rings. The minimum Gasteiger partial charge on any atom is -0.312 e. The highest BCUT2D eigenvalue weighted by Gasteiger charge is 2.25. The Kier molecular flexibility index (Phi) is 4.88. The smallest absolute Gasteiger partial charge is 0.270 e. The van der Waals surface area contributed by atoms with Gasteiger partial charge in [-0.15, -0.1) is 0 Å². The predicted molar refractivity (Wildman–Crippen MR) is 101 cm³/mol. The standard InChI is InChI=1S/C18H19N3O5S/c1-3-20-16-8-6-14(10-13(16)5-9-18(20)22)19-27(25,26)17-11-15(21(23)24)7-4-12(17)2/h4,6-8,10-11,19H,3,5,9H2,1-2H3. The van der Waals surface area contributed by atoms with Gasteiger partial charge in [-0.2, -0.15) is 0 Å². The maximum Gasteiger partial charge on any atom is 0.270 e. The van der Waals surface area contributed by atoms with E-state index in [1.54, 1.807) is 30.0 Å². The molecule has 0 atom stereocenters. The summed E-state index contributed by atoms with van der Waals surface area (Å²) in [6, 6.07) is 8.73. The summed E-state index contributed by atoms with van der Waals surface area (Å²) < 4.78 is 28.0. The Hall–Kier alpha value is -2.94. The second-order valence-electron chi connectivity index (χ2n) is 6.29. The number of anilines is 2. The molecule has 142 valence electrons. The molecule has 1 aliphatic heterocycles. The molecule has 0 radical (unpaired) electrons. The number of aryl methyl sites for hydroxylation is 2. The third kappa shape index (κ3) is 3.63. The Bertz CT molecular complexity index is 1030. The summed E-state index contributed by atoms with van der Waals surface area (Å²) in [7, 11) is -3.99. The Labute approximate surface area is 157 Å². The summed E-state index contributed by atoms with van der Waals surface area (Å²) in [5.41, 5.74) is 2.14. The number of hydrogen-bond donors (Lipinski definition) is 1. The lowest BCUT2D eigenvalue weighted by Gasteiger charge is -2.28. The molecule has 1 heterocycles. The number of nitrogens with zero attached hydrogens (tertiary/aromatic N) is 2. The van der Waals surface area contributed by atoms with Crippen LogP contribution in [-0.4, -0.2) is 25.8 Å². The Morgan fingerprint density at radius 3 is 2.59 bits per heavy atom. The largest absolute Gasteiger partial charge is 0.312 e. The van der Waals surface area contributed by atoms with E-state index >= 15 is 0 Å². The molecule has 2 aromatic rings. The highest BCUT2D eigenvalue weighted by molar-refractivity contribution is 7.92. The number of nitro benzene ring substituents is 1. The van der Waals surface area contributed by atoms with Gasteiger partial charge in [0.25, 0.3) is 15.7 Å². The van der Waals surface area contributed by atoms with Gasteiger partial charge in [0, 0.05) is 36.5 Å². The van der Waals surface area contributed by atoms with Crippen molar-refractivity contribution < 1.29 is 18.1 Å². The van der Waals surface area contributed by atoms with E-state index in [9.17, 15) is 23.3 Å². The molecule has 0 saturated heterocycles. The van der Waals surface area contributed by atoms with Crippen LogP contribution in [0.3, 0.4) is 0 Å². The molecular formula is C18H19N3O5S. The zero-order valence-corrected chi connectivity index (χ0v) is 15.7. The van der Waals surface area contributed by atoms with Crippen LogP contribution in [0.15, 0.2) is 41.3 Å². The van der Waals surface area contributed by atoms with Crippen molar-refractivity contribution in [2.24, 2.45) is 0 Å². The summed E-state index contributed by atoms with van der Waals surface area (Å²) in [5.74, 6) is 0.0468. The number of fused-ring (bicyclic) bond motifs is 1. The fraction of sp³-hybridized carbons (Fsp3) is 0.278. The quantitative estimate of drug-likeness (QED) is 0.624. The van der Waals surface area contributed by atoms with Crippen LogP contribution in [0.5, 0.6) is 0 Å². The van der Waals surface area contributed by atoms with Crippen molar-refractivity contribution in [2.45, 2.75) is 31.6 Å². The van der Waals surface area contributed by atoms with Gasteiger partial charge in [0.2, 0.25) is 5.91 Å². The van der Waals surface area contributed by atoms with Crippen molar-refractivity contribution >= 4 is 33.0 Å². The molecular weight excluding hydrogens is 370 g/mol. The van der Waals surface area contributed by atoms with Gasteiger partial charge >= 0.3 is 0 Å². The summed E-state index contributed by atoms with van der Waals surface area (Å²) >= 11 is 0. The summed E-state index contributed by atoms with van der Waals surface area (Å²) in [5, 5.41) is 11.0. The lowest BCUT2D eigenvalue weighted by molar-refractivity contribution is -0.385. The van der Waals surface area contributed by atoms with Crippen LogP contribution < -0.4 is 9.62 Å². The first-order chi connectivity index (χ1) is 12.7. The monoisotopic (exact) mass is 389 g/mol. The number of nitrogens with one attached hydrogen (secondary N) is 1. The number of amides is 1. The first kappa shape index (κ1) is 18.8. The maximum atomic E-state index is 12.7. The molecule has 1 N–H and O–H groups in total. The van der Waals surface area contributed by atoms with E-state index in [-0.39, 0.29) is 16.5 Å². The van der Waals surface area contributed by atoms with E-state index in [4.69, 9.17) is 0 Å². The first-order valence-electron chi connectivity index (χ1n) is 8.44. The number of carbonyl (C=O) groups is 1. The lowest BCUT2D eigenvalue weighted by Crippen LogP contribution is -2.34. The number of benzene rings is 2. The van der Waals surface area contributed by atoms with E-state index in [2.05, 4.69) is 4.72 Å². The Morgan fingerprint density at radius 2 is 1.93 bits per heavy atom. The van der Waals surface area contributed by atoms with Crippen molar-refractivity contribution in [3.63, 3.8) is 0 Å². The second-order valence-corrected chi connectivity index (χ2v) is 7.94. The molecule has 8 nitrogen and oxygen atoms in total. The number of non-ortho nitro benzene ring substituents is 1. The minimum absolute atomic E-state index is 0.0468. The van der Waals surface area contributed by atoms with Crippen molar-refractivity contribution in [1.82, 2.24) is 0 Å². The van der Waals surface area contributed by atoms with E-state index in [0.29, 0.717) is 30.6 Å². The molecule has 0 spiro atoms. The van der Waals surface area contributed by atoms with Crippen LogP contribution in [0.25, 0.3) is 0 Å². The van der Waals surface area contributed by atoms with Crippen LogP contribution in [-0.2, 0) is 21.2 Å². The number of rotatable bonds is 5. The number of hydrogen-bond acceptors (Lipinski definition) is 5. The van der Waals surface area contributed by atoms with Gasteiger partial charge in [-0.25, -0.2) is 8.42 Å². The van der Waals surface area contributed by atoms with Gasteiger partial charge in [0.1, 0.15) is 0 Å². The topological polar surface area (TPSA) is 110 Å². The third-order valence-electron chi connectivity index (χ3n) is 4.52. The molecule has 9 heteroatoms. The van der Waals surface area contributed by atoms with Gasteiger partial charge in [0.15, 0.2) is 0 Å². The fourth-order valence-electron chi connectivity index (χ4n) is 3.17. The van der Waals surface area contributed by atoms with Gasteiger partial charge in [-0.3, -0.25) is 19.6 Å². The first-order valence-corrected chi connectivity index (χ1v) is 9.92. The van der Waals surface area contributed by atoms with Crippen LogP contribution in [0.4, 0.5) is 17.1 Å². The summed E-state index contributed by atoms with van der Waals surface area (Å²) in [6.45, 7) is 4.01. The molecule has 0 bridgehead atoms. The van der Waals surface area contributed by atoms with Crippen molar-refractivity contribution in [1.29, 1.82) is 0 Å². The number of nitro groups is 1. The summed E-state index contributed by atoms with van der Waals surface area (Å²) in [4.78, 5) is 23.8. The summed E-state index contributed by atoms with van der Waals surface area (Å²) in [6.07, 6.45) is 0.914. The highest BCUT2D eigenvalue weighted by atomic mass is 32.2. The van der Waals surface area contributed by atoms with E-state index in [0.717, 1.165) is 17.3 Å². The molecule has 0 aliphatic carbocycles. The normalized spacial score (nSPS) is 14.0. The van der Waals surface area contributed by atoms with Crippen molar-refractivity contribution in [2.75, 3.05) is 16.2 Å². The molecule has 3 rings (SSSR count). The van der Waals surface area contributed by atoms with Crippen molar-refractivity contribution in [3.8, 4) is 0 Å². The third-order valence-corrected chi connectivity index (χ3v) is 6.04. The van der Waals surface area contributed by atoms with Crippen LogP contribution in [0.1, 0.15) is 24.5 Å². The number of carbonyl (C=O) groups excluding carboxylic acids is 1. The predicted octanol–water partition coefficient (Wildman–Crippen LogP) is 3.00. The maximum absolute atomic E-state index is 12.7. The molecule has 0 unspecified atom stereocenters. The van der Waals surface area contributed by atoms with Crippen LogP contribution in [0, 0.1) is 17.0 Å². The van der Waals surface area contributed by atoms with Gasteiger partial charge in [-0.05, 0) is 49.6 Å². The molecule has 0 fully saturated rings. The molecule has 2 aromatic carbocycles. The lowest BCUT2D eigenvalue weighted by atomic mass is 10.0. The SMILES string of the molecule is CCN1C(=O)CCc2cc(NS(=O)(=O)c3cc([N+](=O)[O-])ccc3C)ccc21. The molecule has 1 amide bonds. The van der Waals surface area contributed by atoms with E-state index in [1.165, 1.54) is 12.1 Å². The second kappa shape index (κ2) is 6.99. The fourth-order valence-corrected chi connectivity index (χ4v) is 4.49. The molecule has 0 aromatic heterocycles. The Morgan fingerprint density at radius 1 is 1.19 bits per heavy atom. The van der Waals surface area contributed by atoms with Gasteiger partial charge in [0.05, 0.1) is 9.82 Å². The average molecular weight is 389 g/mol. The molecule has 27 heavy (non-hydrogen) atoms. The van der Waals surface area contributed by atoms with Crippen LogP contribution >= 0.6 is 0 Å². The Balaban J connectivity index is 1.95.